The molecule has 0 saturated heterocycles. The van der Waals surface area contributed by atoms with Crippen molar-refractivity contribution in [3.63, 3.8) is 0 Å². The Morgan fingerprint density at radius 2 is 0.426 bits per heavy atom. The monoisotopic (exact) mass is 1580 g/mol. The van der Waals surface area contributed by atoms with Crippen LogP contribution in [0.1, 0.15) is 484 Å². The number of ether oxygens (including phenoxy) is 4. The van der Waals surface area contributed by atoms with E-state index in [1.54, 1.807) is 0 Å². The van der Waals surface area contributed by atoms with Gasteiger partial charge >= 0.3 is 39.5 Å². The summed E-state index contributed by atoms with van der Waals surface area (Å²) in [6.07, 6.45) is 76.4. The second-order valence-corrected chi connectivity index (χ2v) is 35.4. The first-order chi connectivity index (χ1) is 52.5. The molecule has 0 spiro atoms. The van der Waals surface area contributed by atoms with E-state index in [-0.39, 0.29) is 25.7 Å². The highest BCUT2D eigenvalue weighted by Gasteiger charge is 2.30. The molecule has 0 aromatic carbocycles. The average molecular weight is 1580 g/mol. The molecule has 19 heteroatoms. The third-order valence-electron chi connectivity index (χ3n) is 21.0. The van der Waals surface area contributed by atoms with Gasteiger partial charge in [-0.05, 0) is 31.6 Å². The molecule has 0 amide bonds. The molecule has 17 nitrogen and oxygen atoms in total. The molecule has 2 unspecified atom stereocenters. The normalized spacial score (nSPS) is 13.7. The van der Waals surface area contributed by atoms with Gasteiger partial charge in [-0.3, -0.25) is 37.3 Å². The molecule has 0 aliphatic rings. The van der Waals surface area contributed by atoms with E-state index in [1.807, 2.05) is 0 Å². The van der Waals surface area contributed by atoms with Gasteiger partial charge < -0.3 is 33.8 Å². The first kappa shape index (κ1) is 106. The Morgan fingerprint density at radius 3 is 0.630 bits per heavy atom. The lowest BCUT2D eigenvalue weighted by molar-refractivity contribution is -0.161. The zero-order chi connectivity index (χ0) is 79.0. The van der Waals surface area contributed by atoms with Gasteiger partial charge in [0.1, 0.15) is 19.3 Å². The first-order valence-corrected chi connectivity index (χ1v) is 49.1. The SMILES string of the molecule is CCCCCCCCCCCCCCCCCCCCCCC(=O)OC[C@H](COP(=O)(O)OC[C@@H](O)COP(=O)(O)OC[C@@H](COC(=O)CCCCCCCCCCCC)OC(=O)CCCCCCCCCCCCCCCCCCC)OC(=O)CCCCCCCCCCCCCCCCCCCCC(C)C. The molecule has 3 N–H and O–H groups in total. The number of carbonyl (C=O) groups excluding carboxylic acids is 4. The summed E-state index contributed by atoms with van der Waals surface area (Å²) in [5, 5.41) is 10.7. The maximum absolute atomic E-state index is 13.2. The molecule has 0 saturated carbocycles. The molecule has 0 bridgehead atoms. The number of unbranched alkanes of at least 4 members (excludes halogenated alkanes) is 61. The Morgan fingerprint density at radius 1 is 0.250 bits per heavy atom. The molecule has 0 aliphatic carbocycles. The predicted octanol–water partition coefficient (Wildman–Crippen LogP) is 27.5. The molecule has 642 valence electrons. The standard InChI is InChI=1S/C89H174O17P2/c1-6-9-12-15-18-21-24-26-28-30-31-32-37-40-44-48-53-58-63-68-73-87(92)100-79-85(106-89(94)75-70-65-60-55-50-46-42-38-34-33-36-39-43-47-51-56-61-66-71-82(4)5)81-104-108(97,98)102-77-83(90)76-101-107(95,96)103-80-84(78-99-86(91)72-67-62-57-52-23-20-17-14-11-8-3)105-88(93)74-69-64-59-54-49-45-41-35-29-27-25-22-19-16-13-10-7-2/h82-85,90H,6-81H2,1-5H3,(H,95,96)(H,97,98)/t83-,84+,85+/m0/s1. The molecule has 0 aliphatic heterocycles. The predicted molar refractivity (Wildman–Crippen MR) is 446 cm³/mol. The van der Waals surface area contributed by atoms with Crippen molar-refractivity contribution in [2.24, 2.45) is 5.92 Å². The van der Waals surface area contributed by atoms with Crippen LogP contribution in [0.3, 0.4) is 0 Å². The number of carbonyl (C=O) groups is 4. The number of rotatable bonds is 89. The van der Waals surface area contributed by atoms with Gasteiger partial charge in [0.05, 0.1) is 26.4 Å². The molecule has 0 aromatic heterocycles. The Balaban J connectivity index is 5.21. The highest BCUT2D eigenvalue weighted by molar-refractivity contribution is 7.47. The van der Waals surface area contributed by atoms with E-state index < -0.39 is 97.5 Å². The minimum Gasteiger partial charge on any atom is -0.462 e. The van der Waals surface area contributed by atoms with Crippen molar-refractivity contribution in [1.82, 2.24) is 0 Å². The minimum atomic E-state index is -4.97. The summed E-state index contributed by atoms with van der Waals surface area (Å²) >= 11 is 0. The van der Waals surface area contributed by atoms with Gasteiger partial charge in [-0.25, -0.2) is 9.13 Å². The van der Waals surface area contributed by atoms with Crippen molar-refractivity contribution in [3.05, 3.63) is 0 Å². The number of hydrogen-bond donors (Lipinski definition) is 3. The second kappa shape index (κ2) is 81.6. The third-order valence-corrected chi connectivity index (χ3v) is 22.9. The summed E-state index contributed by atoms with van der Waals surface area (Å²) in [4.78, 5) is 73.3. The quantitative estimate of drug-likeness (QED) is 0.0222. The Hall–Kier alpha value is -1.94. The Kier molecular flexibility index (Phi) is 80.2. The lowest BCUT2D eigenvalue weighted by Gasteiger charge is -2.21. The van der Waals surface area contributed by atoms with Crippen molar-refractivity contribution < 1.29 is 80.2 Å². The number of phosphoric acid groups is 2. The van der Waals surface area contributed by atoms with Crippen LogP contribution in [-0.4, -0.2) is 96.7 Å². The van der Waals surface area contributed by atoms with Gasteiger partial charge in [0.2, 0.25) is 0 Å². The molecule has 0 radical (unpaired) electrons. The van der Waals surface area contributed by atoms with Crippen LogP contribution in [0.5, 0.6) is 0 Å². The largest absolute Gasteiger partial charge is 0.472 e. The van der Waals surface area contributed by atoms with E-state index in [2.05, 4.69) is 34.6 Å². The van der Waals surface area contributed by atoms with Crippen LogP contribution in [0.2, 0.25) is 0 Å². The van der Waals surface area contributed by atoms with E-state index in [9.17, 15) is 43.2 Å². The number of phosphoric ester groups is 2. The second-order valence-electron chi connectivity index (χ2n) is 32.5. The van der Waals surface area contributed by atoms with E-state index in [4.69, 9.17) is 37.0 Å². The fourth-order valence-corrected chi connectivity index (χ4v) is 15.6. The molecule has 0 aromatic rings. The number of esters is 4. The summed E-state index contributed by atoms with van der Waals surface area (Å²) in [6, 6.07) is 0. The van der Waals surface area contributed by atoms with Crippen LogP contribution in [0.15, 0.2) is 0 Å². The Labute approximate surface area is 664 Å². The molecule has 0 heterocycles. The Bertz CT molecular complexity index is 2050. The molecule has 0 rings (SSSR count). The smallest absolute Gasteiger partial charge is 0.462 e. The molecule has 108 heavy (non-hydrogen) atoms. The molecule has 5 atom stereocenters. The van der Waals surface area contributed by atoms with Gasteiger partial charge in [0.15, 0.2) is 12.2 Å². The van der Waals surface area contributed by atoms with Crippen molar-refractivity contribution in [2.75, 3.05) is 39.6 Å². The zero-order valence-electron chi connectivity index (χ0n) is 71.0. The lowest BCUT2D eigenvalue weighted by Crippen LogP contribution is -2.30. The highest BCUT2D eigenvalue weighted by atomic mass is 31.2. The number of hydrogen-bond acceptors (Lipinski definition) is 15. The van der Waals surface area contributed by atoms with Gasteiger partial charge in [0, 0.05) is 25.7 Å². The fourth-order valence-electron chi connectivity index (χ4n) is 14.0. The van der Waals surface area contributed by atoms with Crippen LogP contribution in [0.25, 0.3) is 0 Å². The van der Waals surface area contributed by atoms with Crippen molar-refractivity contribution in [3.8, 4) is 0 Å². The average Bonchev–Trinajstić information content (AvgIpc) is 0.899. The summed E-state index contributed by atoms with van der Waals surface area (Å²) in [5.74, 6) is -1.28. The number of aliphatic hydroxyl groups excluding tert-OH is 1. The van der Waals surface area contributed by atoms with E-state index in [1.165, 1.54) is 308 Å². The summed E-state index contributed by atoms with van der Waals surface area (Å²) in [5.41, 5.74) is 0. The van der Waals surface area contributed by atoms with Crippen LogP contribution in [0.4, 0.5) is 0 Å². The number of aliphatic hydroxyl groups is 1. The summed E-state index contributed by atoms with van der Waals surface area (Å²) in [6.45, 7) is 7.41. The van der Waals surface area contributed by atoms with E-state index >= 15 is 0 Å². The molecule has 0 fully saturated rings. The van der Waals surface area contributed by atoms with Gasteiger partial charge in [0.25, 0.3) is 0 Å². The third kappa shape index (κ3) is 82.1. The minimum absolute atomic E-state index is 0.109. The maximum Gasteiger partial charge on any atom is 0.472 e. The zero-order valence-corrected chi connectivity index (χ0v) is 72.8. The topological polar surface area (TPSA) is 237 Å². The van der Waals surface area contributed by atoms with Gasteiger partial charge in [-0.15, -0.1) is 0 Å². The first-order valence-electron chi connectivity index (χ1n) is 46.1. The maximum atomic E-state index is 13.2. The summed E-state index contributed by atoms with van der Waals surface area (Å²) in [7, 11) is -9.93. The van der Waals surface area contributed by atoms with Crippen LogP contribution in [0, 0.1) is 5.92 Å². The van der Waals surface area contributed by atoms with Crippen LogP contribution < -0.4 is 0 Å². The summed E-state index contributed by atoms with van der Waals surface area (Å²) < 4.78 is 69.0. The molecular weight excluding hydrogens is 1400 g/mol. The van der Waals surface area contributed by atoms with Crippen molar-refractivity contribution in [1.29, 1.82) is 0 Å². The highest BCUT2D eigenvalue weighted by Crippen LogP contribution is 2.45. The molecular formula is C89H174O17P2. The van der Waals surface area contributed by atoms with Crippen LogP contribution >= 0.6 is 15.6 Å². The van der Waals surface area contributed by atoms with E-state index in [0.29, 0.717) is 25.7 Å². The van der Waals surface area contributed by atoms with Crippen LogP contribution in [-0.2, 0) is 65.4 Å². The fraction of sp³-hybridized carbons (Fsp3) is 0.955. The van der Waals surface area contributed by atoms with E-state index in [0.717, 1.165) is 95.8 Å². The van der Waals surface area contributed by atoms with Crippen molar-refractivity contribution in [2.45, 2.75) is 502 Å². The van der Waals surface area contributed by atoms with Crippen molar-refractivity contribution >= 4 is 39.5 Å². The van der Waals surface area contributed by atoms with Gasteiger partial charge in [-0.2, -0.15) is 0 Å². The lowest BCUT2D eigenvalue weighted by atomic mass is 10.0. The van der Waals surface area contributed by atoms with Gasteiger partial charge in [-0.1, -0.05) is 433 Å².